The molecule has 6 heteroatoms. The molecule has 0 aliphatic carbocycles. The third kappa shape index (κ3) is 6.47. The van der Waals surface area contributed by atoms with Crippen molar-refractivity contribution in [3.05, 3.63) is 28.2 Å². The van der Waals surface area contributed by atoms with Gasteiger partial charge in [0.25, 0.3) is 0 Å². The highest BCUT2D eigenvalue weighted by atomic mass is 127. The van der Waals surface area contributed by atoms with Crippen LogP contribution in [0.1, 0.15) is 19.4 Å². The minimum Gasteiger partial charge on any atom is -0.496 e. The lowest BCUT2D eigenvalue weighted by Gasteiger charge is -2.10. The summed E-state index contributed by atoms with van der Waals surface area (Å²) in [6.45, 7) is 6.39. The number of halogens is 2. The molecule has 0 spiro atoms. The smallest absolute Gasteiger partial charge is 0.191 e. The van der Waals surface area contributed by atoms with E-state index in [1.165, 1.54) is 0 Å². The van der Waals surface area contributed by atoms with Crippen LogP contribution in [0.3, 0.4) is 0 Å². The van der Waals surface area contributed by atoms with Crippen LogP contribution in [-0.4, -0.2) is 26.2 Å². The lowest BCUT2D eigenvalue weighted by atomic mass is 10.2. The zero-order valence-corrected chi connectivity index (χ0v) is 15.4. The summed E-state index contributed by atoms with van der Waals surface area (Å²) in [7, 11) is 1.67. The Morgan fingerprint density at radius 3 is 2.42 bits per heavy atom. The molecular formula is C13H21BrIN3O. The molecule has 0 aromatic heterocycles. The van der Waals surface area contributed by atoms with Crippen LogP contribution < -0.4 is 15.4 Å². The Labute approximate surface area is 140 Å². The second-order valence-corrected chi connectivity index (χ2v) is 4.60. The van der Waals surface area contributed by atoms with Gasteiger partial charge in [0, 0.05) is 23.1 Å². The van der Waals surface area contributed by atoms with Crippen molar-refractivity contribution in [3.8, 4) is 5.75 Å². The number of guanidine groups is 1. The quantitative estimate of drug-likeness (QED) is 0.419. The first-order chi connectivity index (χ1) is 8.71. The predicted octanol–water partition coefficient (Wildman–Crippen LogP) is 3.15. The predicted molar refractivity (Wildman–Crippen MR) is 94.6 cm³/mol. The first-order valence-corrected chi connectivity index (χ1v) is 6.85. The summed E-state index contributed by atoms with van der Waals surface area (Å²) in [6.07, 6.45) is 0. The van der Waals surface area contributed by atoms with Gasteiger partial charge >= 0.3 is 0 Å². The molecule has 0 aliphatic rings. The summed E-state index contributed by atoms with van der Waals surface area (Å²) in [5, 5.41) is 6.38. The van der Waals surface area contributed by atoms with Crippen molar-refractivity contribution in [3.63, 3.8) is 0 Å². The van der Waals surface area contributed by atoms with Gasteiger partial charge < -0.3 is 15.4 Å². The van der Waals surface area contributed by atoms with Gasteiger partial charge in [-0.1, -0.05) is 22.0 Å². The maximum atomic E-state index is 5.34. The first-order valence-electron chi connectivity index (χ1n) is 6.05. The SMILES string of the molecule is CCNC(=NCc1ccc(Br)cc1OC)NCC.I. The second kappa shape index (κ2) is 10.3. The number of hydrogen-bond acceptors (Lipinski definition) is 2. The zero-order chi connectivity index (χ0) is 13.4. The number of rotatable bonds is 5. The van der Waals surface area contributed by atoms with E-state index in [4.69, 9.17) is 4.74 Å². The maximum absolute atomic E-state index is 5.34. The van der Waals surface area contributed by atoms with Crippen LogP contribution in [0.5, 0.6) is 5.75 Å². The van der Waals surface area contributed by atoms with Crippen LogP contribution >= 0.6 is 39.9 Å². The highest BCUT2D eigenvalue weighted by molar-refractivity contribution is 14.0. The van der Waals surface area contributed by atoms with Crippen molar-refractivity contribution < 1.29 is 4.74 Å². The summed E-state index contributed by atoms with van der Waals surface area (Å²) < 4.78 is 6.34. The molecule has 1 aromatic carbocycles. The van der Waals surface area contributed by atoms with Gasteiger partial charge in [0.15, 0.2) is 5.96 Å². The van der Waals surface area contributed by atoms with Gasteiger partial charge in [0.05, 0.1) is 13.7 Å². The van der Waals surface area contributed by atoms with E-state index in [9.17, 15) is 0 Å². The van der Waals surface area contributed by atoms with Crippen molar-refractivity contribution in [1.82, 2.24) is 10.6 Å². The van der Waals surface area contributed by atoms with E-state index < -0.39 is 0 Å². The Morgan fingerprint density at radius 1 is 1.26 bits per heavy atom. The minimum atomic E-state index is 0. The molecule has 4 nitrogen and oxygen atoms in total. The van der Waals surface area contributed by atoms with Crippen molar-refractivity contribution in [2.24, 2.45) is 4.99 Å². The molecule has 19 heavy (non-hydrogen) atoms. The first kappa shape index (κ1) is 18.5. The van der Waals surface area contributed by atoms with Crippen LogP contribution in [0.25, 0.3) is 0 Å². The summed E-state index contributed by atoms with van der Waals surface area (Å²) >= 11 is 3.43. The molecule has 108 valence electrons. The lowest BCUT2D eigenvalue weighted by molar-refractivity contribution is 0.409. The van der Waals surface area contributed by atoms with E-state index in [0.717, 1.165) is 34.8 Å². The Morgan fingerprint density at radius 2 is 1.89 bits per heavy atom. The monoisotopic (exact) mass is 441 g/mol. The molecule has 0 atom stereocenters. The van der Waals surface area contributed by atoms with Crippen molar-refractivity contribution >= 4 is 45.9 Å². The van der Waals surface area contributed by atoms with Gasteiger partial charge in [-0.15, -0.1) is 24.0 Å². The number of hydrogen-bond donors (Lipinski definition) is 2. The minimum absolute atomic E-state index is 0. The third-order valence-corrected chi connectivity index (χ3v) is 2.84. The molecule has 0 radical (unpaired) electrons. The number of aliphatic imine (C=N–C) groups is 1. The van der Waals surface area contributed by atoms with E-state index in [1.54, 1.807) is 7.11 Å². The number of methoxy groups -OCH3 is 1. The van der Waals surface area contributed by atoms with Gasteiger partial charge in [0.1, 0.15) is 5.75 Å². The van der Waals surface area contributed by atoms with Gasteiger partial charge in [0.2, 0.25) is 0 Å². The molecule has 0 fully saturated rings. The lowest BCUT2D eigenvalue weighted by Crippen LogP contribution is -2.36. The van der Waals surface area contributed by atoms with Gasteiger partial charge in [-0.05, 0) is 26.0 Å². The fraction of sp³-hybridized carbons (Fsp3) is 0.462. The van der Waals surface area contributed by atoms with Crippen LogP contribution in [0.2, 0.25) is 0 Å². The third-order valence-electron chi connectivity index (χ3n) is 2.35. The second-order valence-electron chi connectivity index (χ2n) is 3.68. The van der Waals surface area contributed by atoms with E-state index in [0.29, 0.717) is 6.54 Å². The molecule has 0 saturated heterocycles. The largest absolute Gasteiger partial charge is 0.496 e. The Kier molecular flexibility index (Phi) is 10.0. The fourth-order valence-electron chi connectivity index (χ4n) is 1.52. The summed E-state index contributed by atoms with van der Waals surface area (Å²) in [5.74, 6) is 1.67. The molecule has 0 heterocycles. The van der Waals surface area contributed by atoms with Crippen LogP contribution in [0.4, 0.5) is 0 Å². The Balaban J connectivity index is 0.00000324. The zero-order valence-electron chi connectivity index (χ0n) is 11.5. The van der Waals surface area contributed by atoms with Gasteiger partial charge in [-0.3, -0.25) is 0 Å². The van der Waals surface area contributed by atoms with Crippen molar-refractivity contribution in [1.29, 1.82) is 0 Å². The topological polar surface area (TPSA) is 45.7 Å². The normalized spacial score (nSPS) is 9.26. The maximum Gasteiger partial charge on any atom is 0.191 e. The van der Waals surface area contributed by atoms with Gasteiger partial charge in [-0.2, -0.15) is 0 Å². The molecule has 0 amide bonds. The van der Waals surface area contributed by atoms with E-state index >= 15 is 0 Å². The number of nitrogens with one attached hydrogen (secondary N) is 2. The average Bonchev–Trinajstić information content (AvgIpc) is 2.37. The standard InChI is InChI=1S/C13H20BrN3O.HI/c1-4-15-13(16-5-2)17-9-10-6-7-11(14)8-12(10)18-3;/h6-8H,4-5,9H2,1-3H3,(H2,15,16,17);1H. The molecule has 0 saturated carbocycles. The van der Waals surface area contributed by atoms with Crippen molar-refractivity contribution in [2.75, 3.05) is 20.2 Å². The highest BCUT2D eigenvalue weighted by Gasteiger charge is 2.03. The number of nitrogens with zero attached hydrogens (tertiary/aromatic N) is 1. The number of benzene rings is 1. The van der Waals surface area contributed by atoms with Crippen LogP contribution in [0, 0.1) is 0 Å². The molecule has 1 aromatic rings. The molecular weight excluding hydrogens is 421 g/mol. The van der Waals surface area contributed by atoms with E-state index in [-0.39, 0.29) is 24.0 Å². The fourth-order valence-corrected chi connectivity index (χ4v) is 1.86. The Hall–Kier alpha value is -0.500. The average molecular weight is 442 g/mol. The van der Waals surface area contributed by atoms with Crippen molar-refractivity contribution in [2.45, 2.75) is 20.4 Å². The summed E-state index contributed by atoms with van der Waals surface area (Å²) in [6, 6.07) is 5.96. The molecule has 0 aliphatic heterocycles. The van der Waals surface area contributed by atoms with Crippen LogP contribution in [0.15, 0.2) is 27.7 Å². The number of ether oxygens (including phenoxy) is 1. The summed E-state index contributed by atoms with van der Waals surface area (Å²) in [5.41, 5.74) is 1.06. The van der Waals surface area contributed by atoms with E-state index in [1.807, 2.05) is 32.0 Å². The molecule has 1 rings (SSSR count). The van der Waals surface area contributed by atoms with Crippen LogP contribution in [-0.2, 0) is 6.54 Å². The van der Waals surface area contributed by atoms with E-state index in [2.05, 4.69) is 31.6 Å². The highest BCUT2D eigenvalue weighted by Crippen LogP contribution is 2.23. The summed E-state index contributed by atoms with van der Waals surface area (Å²) in [4.78, 5) is 4.51. The van der Waals surface area contributed by atoms with Gasteiger partial charge in [-0.25, -0.2) is 4.99 Å². The Bertz CT molecular complexity index is 405. The molecule has 0 bridgehead atoms. The molecule has 0 unspecified atom stereocenters. The molecule has 2 N–H and O–H groups in total.